The molecule has 1 aromatic heterocycles. The van der Waals surface area contributed by atoms with Gasteiger partial charge in [-0.2, -0.15) is 0 Å². The summed E-state index contributed by atoms with van der Waals surface area (Å²) in [5.74, 6) is -9.33. The summed E-state index contributed by atoms with van der Waals surface area (Å²) in [5, 5.41) is 57.3. The van der Waals surface area contributed by atoms with Crippen molar-refractivity contribution in [2.75, 3.05) is 14.1 Å². The number of ketones is 2. The highest BCUT2D eigenvalue weighted by Crippen LogP contribution is 2.54. The molecule has 3 aromatic rings. The van der Waals surface area contributed by atoms with Gasteiger partial charge in [0, 0.05) is 40.8 Å². The number of likely N-dealkylation sites (N-methyl/N-ethyl adjacent to an activating group) is 1. The monoisotopic (exact) mass is 547 g/mol. The first-order valence-electron chi connectivity index (χ1n) is 12.7. The molecule has 3 aliphatic rings. The third kappa shape index (κ3) is 3.29. The fourth-order valence-electron chi connectivity index (χ4n) is 6.72. The molecule has 2 fully saturated rings. The van der Waals surface area contributed by atoms with E-state index in [0.29, 0.717) is 16.9 Å². The number of phenolic OH excluding ortho intramolecular Hbond substituents is 1. The van der Waals surface area contributed by atoms with E-state index in [1.54, 1.807) is 18.2 Å². The summed E-state index contributed by atoms with van der Waals surface area (Å²) < 4.78 is 6.00. The van der Waals surface area contributed by atoms with Gasteiger partial charge < -0.3 is 40.6 Å². The van der Waals surface area contributed by atoms with Crippen LogP contribution in [-0.4, -0.2) is 85.9 Å². The van der Waals surface area contributed by atoms with Gasteiger partial charge >= 0.3 is 0 Å². The van der Waals surface area contributed by atoms with E-state index in [2.05, 4.69) is 0 Å². The number of aliphatic hydroxyl groups is 4. The second-order valence-electron chi connectivity index (χ2n) is 10.8. The number of furan rings is 1. The van der Waals surface area contributed by atoms with Crippen LogP contribution in [0.4, 0.5) is 0 Å². The minimum Gasteiger partial charge on any atom is -0.507 e. The minimum atomic E-state index is -2.98. The zero-order valence-electron chi connectivity index (χ0n) is 21.5. The summed E-state index contributed by atoms with van der Waals surface area (Å²) >= 11 is 0. The van der Waals surface area contributed by atoms with Crippen molar-refractivity contribution in [2.45, 2.75) is 23.9 Å². The van der Waals surface area contributed by atoms with Crippen LogP contribution in [0.25, 0.3) is 28.1 Å². The molecule has 1 amide bonds. The molecule has 207 valence electrons. The summed E-state index contributed by atoms with van der Waals surface area (Å²) in [7, 11) is 3.00. The van der Waals surface area contributed by atoms with Crippen molar-refractivity contribution in [3.05, 3.63) is 65.6 Å². The topological polar surface area (TPSA) is 195 Å². The van der Waals surface area contributed by atoms with Gasteiger partial charge in [-0.3, -0.25) is 14.4 Å². The molecule has 0 bridgehead atoms. The fraction of sp³-hybridized carbons (Fsp3) is 0.310. The molecular formula is C29H27N2O9. The number of carbonyl (C=O) groups is 3. The summed E-state index contributed by atoms with van der Waals surface area (Å²) in [6, 6.07) is 10.7. The van der Waals surface area contributed by atoms with Crippen LogP contribution in [0, 0.1) is 24.2 Å². The molecule has 2 saturated carbocycles. The Kier molecular flexibility index (Phi) is 5.72. The number of rotatable bonds is 3. The van der Waals surface area contributed by atoms with Crippen molar-refractivity contribution in [1.29, 1.82) is 0 Å². The number of aliphatic hydroxyl groups excluding tert-OH is 3. The molecule has 7 atom stereocenters. The first-order valence-corrected chi connectivity index (χ1v) is 12.7. The number of aromatic hydroxyl groups is 1. The zero-order chi connectivity index (χ0) is 28.8. The predicted molar refractivity (Wildman–Crippen MR) is 140 cm³/mol. The first kappa shape index (κ1) is 26.2. The molecule has 3 aliphatic carbocycles. The second kappa shape index (κ2) is 8.73. The van der Waals surface area contributed by atoms with Crippen molar-refractivity contribution in [3.8, 4) is 17.1 Å². The number of Topliss-reactive ketones (excluding diaryl/α,β-unsaturated/α-hetero) is 2. The van der Waals surface area contributed by atoms with E-state index in [4.69, 9.17) is 10.2 Å². The van der Waals surface area contributed by atoms with Crippen molar-refractivity contribution in [2.24, 2.45) is 23.5 Å². The third-order valence-electron chi connectivity index (χ3n) is 8.52. The van der Waals surface area contributed by atoms with Gasteiger partial charge in [-0.1, -0.05) is 18.2 Å². The van der Waals surface area contributed by atoms with E-state index < -0.39 is 76.2 Å². The predicted octanol–water partition coefficient (Wildman–Crippen LogP) is 0.523. The Morgan fingerprint density at radius 1 is 1.05 bits per heavy atom. The molecule has 1 heterocycles. The summed E-state index contributed by atoms with van der Waals surface area (Å²) in [6.45, 7) is 0. The molecular weight excluding hydrogens is 520 g/mol. The Morgan fingerprint density at radius 3 is 2.40 bits per heavy atom. The lowest BCUT2D eigenvalue weighted by Gasteiger charge is -2.55. The average Bonchev–Trinajstić information content (AvgIpc) is 3.32. The van der Waals surface area contributed by atoms with Gasteiger partial charge in [0.1, 0.15) is 28.8 Å². The smallest absolute Gasteiger partial charge is 0.230 e. The highest BCUT2D eigenvalue weighted by Gasteiger charge is 2.70. The Morgan fingerprint density at radius 2 is 1.75 bits per heavy atom. The minimum absolute atomic E-state index is 0.147. The Bertz CT molecular complexity index is 1610. The van der Waals surface area contributed by atoms with E-state index in [1.807, 2.05) is 18.2 Å². The summed E-state index contributed by atoms with van der Waals surface area (Å²) in [4.78, 5) is 41.0. The van der Waals surface area contributed by atoms with E-state index in [-0.39, 0.29) is 11.1 Å². The molecule has 2 aromatic carbocycles. The number of benzene rings is 2. The van der Waals surface area contributed by atoms with E-state index in [1.165, 1.54) is 31.5 Å². The van der Waals surface area contributed by atoms with Crippen LogP contribution in [0.2, 0.25) is 0 Å². The van der Waals surface area contributed by atoms with Crippen LogP contribution >= 0.6 is 0 Å². The van der Waals surface area contributed by atoms with Gasteiger partial charge in [-0.15, -0.1) is 0 Å². The highest BCUT2D eigenvalue weighted by atomic mass is 16.3. The lowest BCUT2D eigenvalue weighted by atomic mass is 9.53. The summed E-state index contributed by atoms with van der Waals surface area (Å²) in [5.41, 5.74) is 3.07. The fourth-order valence-corrected chi connectivity index (χ4v) is 6.72. The molecule has 1 radical (unpaired) electrons. The van der Waals surface area contributed by atoms with E-state index in [0.717, 1.165) is 5.39 Å². The number of para-hydroxylation sites is 1. The van der Waals surface area contributed by atoms with Gasteiger partial charge in [0.2, 0.25) is 11.7 Å². The van der Waals surface area contributed by atoms with Crippen LogP contribution in [0.15, 0.2) is 52.5 Å². The van der Waals surface area contributed by atoms with Crippen molar-refractivity contribution in [3.63, 3.8) is 0 Å². The maximum atomic E-state index is 13.9. The number of primary amides is 1. The molecule has 11 heteroatoms. The largest absolute Gasteiger partial charge is 0.507 e. The van der Waals surface area contributed by atoms with Crippen LogP contribution < -0.4 is 5.73 Å². The molecule has 0 spiro atoms. The van der Waals surface area contributed by atoms with E-state index in [9.17, 15) is 39.9 Å². The van der Waals surface area contributed by atoms with Gasteiger partial charge in [0.15, 0.2) is 11.4 Å². The Hall–Kier alpha value is -4.03. The Balaban J connectivity index is 1.57. The number of carbonyl (C=O) groups excluding carboxylic acids is 3. The quantitative estimate of drug-likeness (QED) is 0.252. The highest BCUT2D eigenvalue weighted by molar-refractivity contribution is 6.25. The lowest BCUT2D eigenvalue weighted by molar-refractivity contribution is -0.197. The van der Waals surface area contributed by atoms with Crippen LogP contribution in [0.5, 0.6) is 5.75 Å². The average molecular weight is 548 g/mol. The molecule has 0 aliphatic heterocycles. The van der Waals surface area contributed by atoms with Crippen LogP contribution in [0.3, 0.4) is 0 Å². The number of phenols is 1. The lowest BCUT2D eigenvalue weighted by Crippen LogP contribution is -2.76. The zero-order valence-corrected chi connectivity index (χ0v) is 21.5. The SMILES string of the molecule is CN(C)[C@H]1C(O)C(C(N)=O)C(=O)[C@]2(O)C(=O)C3=C(O)c4c(O)ccc(-c5cc6ccccc6o5)c4[CH][C@@H]3[C@@H](O)[C@H]12. The van der Waals surface area contributed by atoms with Gasteiger partial charge in [-0.05, 0) is 43.9 Å². The molecule has 0 saturated heterocycles. The maximum absolute atomic E-state index is 13.9. The number of fused-ring (bicyclic) bond motifs is 4. The van der Waals surface area contributed by atoms with Gasteiger partial charge in [0.25, 0.3) is 0 Å². The number of hydrogen-bond acceptors (Lipinski definition) is 10. The number of nitrogens with zero attached hydrogens (tertiary/aromatic N) is 1. The maximum Gasteiger partial charge on any atom is 0.230 e. The van der Waals surface area contributed by atoms with Crippen molar-refractivity contribution < 1.29 is 44.3 Å². The number of nitrogens with two attached hydrogens (primary N) is 1. The number of amides is 1. The van der Waals surface area contributed by atoms with Gasteiger partial charge in [0.05, 0.1) is 17.8 Å². The van der Waals surface area contributed by atoms with Crippen molar-refractivity contribution in [1.82, 2.24) is 4.90 Å². The Labute approximate surface area is 227 Å². The van der Waals surface area contributed by atoms with Crippen molar-refractivity contribution >= 4 is 34.2 Å². The molecule has 7 N–H and O–H groups in total. The van der Waals surface area contributed by atoms with Gasteiger partial charge in [-0.25, -0.2) is 0 Å². The second-order valence-corrected chi connectivity index (χ2v) is 10.8. The normalized spacial score (nSPS) is 31.8. The molecule has 2 unspecified atom stereocenters. The molecule has 6 rings (SSSR count). The molecule has 40 heavy (non-hydrogen) atoms. The number of hydrogen-bond donors (Lipinski definition) is 6. The van der Waals surface area contributed by atoms with Crippen LogP contribution in [0.1, 0.15) is 11.1 Å². The standard InChI is InChI=1S/C29H27N2O9/c1-31(2)22-21-23(33)14-10-13-12(17-9-11-5-3-4-6-16(11)40-17)7-8-15(32)18(13)24(34)19(14)26(36)29(21,39)27(37)20(25(22)35)28(30)38/h3-10,14,20-23,25,32-35,39H,1-2H3,(H2,30,38)/t14-,20?,21-,22+,23+,25?,29+/m0/s1. The summed E-state index contributed by atoms with van der Waals surface area (Å²) in [6.07, 6.45) is -1.94. The first-order chi connectivity index (χ1) is 18.9. The third-order valence-corrected chi connectivity index (χ3v) is 8.52. The van der Waals surface area contributed by atoms with E-state index >= 15 is 0 Å². The van der Waals surface area contributed by atoms with Crippen LogP contribution in [-0.2, 0) is 14.4 Å². The molecule has 11 nitrogen and oxygen atoms in total.